The molecule has 0 fully saturated rings. The van der Waals surface area contributed by atoms with Crippen molar-refractivity contribution in [3.8, 4) is 11.4 Å². The van der Waals surface area contributed by atoms with E-state index >= 15 is 0 Å². The van der Waals surface area contributed by atoms with Crippen LogP contribution in [-0.4, -0.2) is 26.3 Å². The van der Waals surface area contributed by atoms with Crippen molar-refractivity contribution in [1.29, 1.82) is 0 Å². The predicted octanol–water partition coefficient (Wildman–Crippen LogP) is 4.20. The lowest BCUT2D eigenvalue weighted by Gasteiger charge is -2.14. The van der Waals surface area contributed by atoms with Crippen LogP contribution in [0.5, 0.6) is 0 Å². The van der Waals surface area contributed by atoms with Crippen LogP contribution in [0.25, 0.3) is 11.4 Å². The smallest absolute Gasteiger partial charge is 0.207 e. The Morgan fingerprint density at radius 2 is 1.87 bits per heavy atom. The summed E-state index contributed by atoms with van der Waals surface area (Å²) in [6.45, 7) is 0. The van der Waals surface area contributed by atoms with E-state index in [1.54, 1.807) is 28.6 Å². The van der Waals surface area contributed by atoms with E-state index in [0.29, 0.717) is 16.5 Å². The Morgan fingerprint density at radius 1 is 1.04 bits per heavy atom. The van der Waals surface area contributed by atoms with Gasteiger partial charge in [0.1, 0.15) is 5.82 Å². The van der Waals surface area contributed by atoms with Crippen LogP contribution < -0.4 is 0 Å². The van der Waals surface area contributed by atoms with Crippen LogP contribution in [0.2, 0.25) is 0 Å². The van der Waals surface area contributed by atoms with Crippen LogP contribution in [0, 0.1) is 5.82 Å². The van der Waals surface area contributed by atoms with Gasteiger partial charge in [-0.3, -0.25) is 0 Å². The molecule has 0 N–H and O–H groups in total. The number of fused-ring (bicyclic) bond motifs is 1. The Balaban J connectivity index is 1.81. The molecule has 0 amide bonds. The molecule has 0 radical (unpaired) electrons. The first-order valence-corrected chi connectivity index (χ1v) is 8.66. The first kappa shape index (κ1) is 14.6. The van der Waals surface area contributed by atoms with Crippen molar-refractivity contribution in [3.63, 3.8) is 0 Å². The first-order valence-electron chi connectivity index (χ1n) is 6.89. The Labute approximate surface area is 144 Å². The van der Waals surface area contributed by atoms with Gasteiger partial charge in [0.25, 0.3) is 0 Å². The normalized spacial score (nSPS) is 13.6. The SMILES string of the molecule is Fc1cccc(-c2nnc3n2N=C(c2cccc(Br)c2)CS3)c1. The molecule has 1 aliphatic rings. The third-order valence-electron chi connectivity index (χ3n) is 3.41. The Morgan fingerprint density at radius 3 is 2.70 bits per heavy atom. The van der Waals surface area contributed by atoms with Gasteiger partial charge in [-0.2, -0.15) is 9.78 Å². The minimum absolute atomic E-state index is 0.306. The minimum atomic E-state index is -0.306. The number of nitrogens with zero attached hydrogens (tertiary/aromatic N) is 4. The molecule has 3 aromatic rings. The lowest BCUT2D eigenvalue weighted by molar-refractivity contribution is 0.628. The maximum atomic E-state index is 13.5. The third kappa shape index (κ3) is 2.82. The molecule has 0 saturated heterocycles. The average Bonchev–Trinajstić information content (AvgIpc) is 2.98. The van der Waals surface area contributed by atoms with Gasteiger partial charge in [0.05, 0.1) is 5.71 Å². The summed E-state index contributed by atoms with van der Waals surface area (Å²) in [5.74, 6) is 0.955. The fourth-order valence-electron chi connectivity index (χ4n) is 2.34. The molecule has 1 aliphatic heterocycles. The average molecular weight is 389 g/mol. The third-order valence-corrected chi connectivity index (χ3v) is 4.84. The Hall–Kier alpha value is -1.99. The predicted molar refractivity (Wildman–Crippen MR) is 92.2 cm³/mol. The number of halogens is 2. The zero-order chi connectivity index (χ0) is 15.8. The molecule has 0 spiro atoms. The van der Waals surface area contributed by atoms with Crippen molar-refractivity contribution in [3.05, 3.63) is 64.4 Å². The van der Waals surface area contributed by atoms with Gasteiger partial charge >= 0.3 is 0 Å². The van der Waals surface area contributed by atoms with E-state index < -0.39 is 0 Å². The van der Waals surface area contributed by atoms with Gasteiger partial charge in [-0.1, -0.05) is 52.0 Å². The van der Waals surface area contributed by atoms with Crippen molar-refractivity contribution in [2.24, 2.45) is 5.10 Å². The van der Waals surface area contributed by atoms with Crippen LogP contribution in [0.3, 0.4) is 0 Å². The van der Waals surface area contributed by atoms with Crippen LogP contribution in [0.4, 0.5) is 4.39 Å². The van der Waals surface area contributed by atoms with Crippen LogP contribution in [-0.2, 0) is 0 Å². The van der Waals surface area contributed by atoms with Crippen molar-refractivity contribution < 1.29 is 4.39 Å². The monoisotopic (exact) mass is 388 g/mol. The molecule has 1 aromatic heterocycles. The highest BCUT2D eigenvalue weighted by Crippen LogP contribution is 2.29. The van der Waals surface area contributed by atoms with Gasteiger partial charge in [-0.25, -0.2) is 4.39 Å². The zero-order valence-corrected chi connectivity index (χ0v) is 14.2. The molecular formula is C16H10BrFN4S. The molecule has 2 aromatic carbocycles. The molecular weight excluding hydrogens is 379 g/mol. The lowest BCUT2D eigenvalue weighted by Crippen LogP contribution is -2.13. The highest BCUT2D eigenvalue weighted by Gasteiger charge is 2.21. The van der Waals surface area contributed by atoms with E-state index in [4.69, 9.17) is 0 Å². The molecule has 7 heteroatoms. The van der Waals surface area contributed by atoms with E-state index in [1.165, 1.54) is 12.1 Å². The maximum absolute atomic E-state index is 13.5. The number of hydrogen-bond donors (Lipinski definition) is 0. The van der Waals surface area contributed by atoms with Crippen molar-refractivity contribution in [1.82, 2.24) is 14.9 Å². The summed E-state index contributed by atoms with van der Waals surface area (Å²) >= 11 is 5.04. The van der Waals surface area contributed by atoms with E-state index in [1.807, 2.05) is 24.3 Å². The molecule has 0 unspecified atom stereocenters. The summed E-state index contributed by atoms with van der Waals surface area (Å²) in [7, 11) is 0. The topological polar surface area (TPSA) is 43.1 Å². The summed E-state index contributed by atoms with van der Waals surface area (Å²) in [5.41, 5.74) is 2.63. The molecule has 114 valence electrons. The van der Waals surface area contributed by atoms with Gasteiger partial charge < -0.3 is 0 Å². The number of aromatic nitrogens is 3. The van der Waals surface area contributed by atoms with E-state index in [2.05, 4.69) is 31.2 Å². The molecule has 4 rings (SSSR count). The molecule has 4 nitrogen and oxygen atoms in total. The number of hydrogen-bond acceptors (Lipinski definition) is 4. The summed E-state index contributed by atoms with van der Waals surface area (Å²) < 4.78 is 16.2. The molecule has 23 heavy (non-hydrogen) atoms. The standard InChI is InChI=1S/C16H10BrFN4S/c17-12-5-1-3-10(7-12)14-9-23-16-20-19-15(22(16)21-14)11-4-2-6-13(18)8-11/h1-8H,9H2. The second-order valence-corrected chi connectivity index (χ2v) is 6.83. The number of benzene rings is 2. The van der Waals surface area contributed by atoms with Crippen molar-refractivity contribution in [2.75, 3.05) is 5.75 Å². The van der Waals surface area contributed by atoms with Gasteiger partial charge in [-0.05, 0) is 29.8 Å². The second-order valence-electron chi connectivity index (χ2n) is 4.97. The second kappa shape index (κ2) is 5.90. The largest absolute Gasteiger partial charge is 0.212 e. The Bertz CT molecular complexity index is 922. The van der Waals surface area contributed by atoms with Gasteiger partial charge in [0.2, 0.25) is 5.16 Å². The van der Waals surface area contributed by atoms with Gasteiger partial charge in [0, 0.05) is 15.8 Å². The van der Waals surface area contributed by atoms with E-state index in [-0.39, 0.29) is 5.82 Å². The number of rotatable bonds is 2. The highest BCUT2D eigenvalue weighted by atomic mass is 79.9. The van der Waals surface area contributed by atoms with Gasteiger partial charge in [-0.15, -0.1) is 10.2 Å². The fourth-order valence-corrected chi connectivity index (χ4v) is 3.58. The van der Waals surface area contributed by atoms with Crippen LogP contribution in [0.15, 0.2) is 63.3 Å². The fraction of sp³-hybridized carbons (Fsp3) is 0.0625. The van der Waals surface area contributed by atoms with E-state index in [9.17, 15) is 4.39 Å². The molecule has 2 heterocycles. The molecule has 0 atom stereocenters. The van der Waals surface area contributed by atoms with Crippen LogP contribution >= 0.6 is 27.7 Å². The van der Waals surface area contributed by atoms with Crippen molar-refractivity contribution >= 4 is 33.4 Å². The lowest BCUT2D eigenvalue weighted by atomic mass is 10.1. The van der Waals surface area contributed by atoms with Crippen molar-refractivity contribution in [2.45, 2.75) is 5.16 Å². The zero-order valence-electron chi connectivity index (χ0n) is 11.8. The summed E-state index contributed by atoms with van der Waals surface area (Å²) in [4.78, 5) is 0. The minimum Gasteiger partial charge on any atom is -0.207 e. The first-order chi connectivity index (χ1) is 11.2. The summed E-state index contributed by atoms with van der Waals surface area (Å²) in [5, 5.41) is 13.7. The molecule has 0 saturated carbocycles. The van der Waals surface area contributed by atoms with Crippen LogP contribution in [0.1, 0.15) is 5.56 Å². The van der Waals surface area contributed by atoms with E-state index in [0.717, 1.165) is 21.5 Å². The summed E-state index contributed by atoms with van der Waals surface area (Å²) in [6, 6.07) is 14.3. The quantitative estimate of drug-likeness (QED) is 0.660. The maximum Gasteiger partial charge on any atom is 0.212 e. The summed E-state index contributed by atoms with van der Waals surface area (Å²) in [6.07, 6.45) is 0. The Kier molecular flexibility index (Phi) is 3.74. The molecule has 0 bridgehead atoms. The van der Waals surface area contributed by atoms with Gasteiger partial charge in [0.15, 0.2) is 5.82 Å². The number of thioether (sulfide) groups is 1. The molecule has 0 aliphatic carbocycles. The highest BCUT2D eigenvalue weighted by molar-refractivity contribution is 9.10.